The number of ether oxygens (including phenoxy) is 1. The fourth-order valence-electron chi connectivity index (χ4n) is 3.79. The third-order valence-corrected chi connectivity index (χ3v) is 6.64. The standard InChI is InChI=1S/C17H31ClN2O5S/c1-5-9-6-10(20(3)7-9)16(24)19-11(8(2)18)15-13(22)12(21)14(23)17(25-15)26-4/h8-15,17,21-23H,5-7H2,1-4H3,(H,19,24)/t8-,9+,10+,11-,12+,13-,14-,15-,17-/m1/s1. The molecule has 0 aromatic rings. The van der Waals surface area contributed by atoms with Gasteiger partial charge < -0.3 is 25.4 Å². The van der Waals surface area contributed by atoms with E-state index in [4.69, 9.17) is 16.3 Å². The average Bonchev–Trinajstić information content (AvgIpc) is 2.99. The number of thioether (sulfide) groups is 1. The summed E-state index contributed by atoms with van der Waals surface area (Å²) in [6, 6.07) is -0.935. The number of aliphatic hydroxyl groups is 3. The van der Waals surface area contributed by atoms with Gasteiger partial charge in [0.25, 0.3) is 0 Å². The van der Waals surface area contributed by atoms with Gasteiger partial charge in [0.15, 0.2) is 0 Å². The SMILES string of the molecule is CC[C@H]1C[C@@H](C(=O)N[C@@H]([C@H]2O[C@H](SC)[C@H](O)[C@@H](O)[C@H]2O)[C@@H](C)Cl)N(C)C1. The number of likely N-dealkylation sites (tertiary alicyclic amines) is 1. The molecule has 7 nitrogen and oxygen atoms in total. The highest BCUT2D eigenvalue weighted by Crippen LogP contribution is 2.31. The number of alkyl halides is 1. The third kappa shape index (κ3) is 4.66. The van der Waals surface area contributed by atoms with Crippen LogP contribution in [0.25, 0.3) is 0 Å². The highest BCUT2D eigenvalue weighted by atomic mass is 35.5. The molecule has 0 aliphatic carbocycles. The summed E-state index contributed by atoms with van der Waals surface area (Å²) in [7, 11) is 1.93. The number of carbonyl (C=O) groups is 1. The summed E-state index contributed by atoms with van der Waals surface area (Å²) in [6.45, 7) is 4.70. The summed E-state index contributed by atoms with van der Waals surface area (Å²) in [5, 5.41) is 32.9. The maximum Gasteiger partial charge on any atom is 0.237 e. The summed E-state index contributed by atoms with van der Waals surface area (Å²) in [5.41, 5.74) is -0.702. The van der Waals surface area contributed by atoms with Gasteiger partial charge in [0.2, 0.25) is 5.91 Å². The molecule has 1 amide bonds. The molecule has 0 saturated carbocycles. The monoisotopic (exact) mass is 410 g/mol. The minimum absolute atomic E-state index is 0.155. The van der Waals surface area contributed by atoms with Crippen molar-refractivity contribution in [3.8, 4) is 0 Å². The van der Waals surface area contributed by atoms with Crippen LogP contribution in [0.4, 0.5) is 0 Å². The van der Waals surface area contributed by atoms with E-state index in [1.807, 2.05) is 11.9 Å². The second-order valence-corrected chi connectivity index (χ2v) is 8.98. The molecule has 9 atom stereocenters. The number of halogens is 1. The van der Waals surface area contributed by atoms with Crippen LogP contribution in [-0.2, 0) is 9.53 Å². The summed E-state index contributed by atoms with van der Waals surface area (Å²) < 4.78 is 5.78. The Kier molecular flexibility index (Phi) is 8.03. The maximum absolute atomic E-state index is 12.8. The number of carbonyl (C=O) groups excluding carboxylic acids is 1. The van der Waals surface area contributed by atoms with Crippen LogP contribution in [0.5, 0.6) is 0 Å². The Morgan fingerprint density at radius 3 is 2.50 bits per heavy atom. The van der Waals surface area contributed by atoms with E-state index in [0.717, 1.165) is 19.4 Å². The van der Waals surface area contributed by atoms with E-state index in [1.54, 1.807) is 13.2 Å². The van der Waals surface area contributed by atoms with Crippen LogP contribution in [0.1, 0.15) is 26.7 Å². The van der Waals surface area contributed by atoms with Gasteiger partial charge >= 0.3 is 0 Å². The van der Waals surface area contributed by atoms with Gasteiger partial charge in [-0.05, 0) is 32.6 Å². The molecule has 2 heterocycles. The molecular formula is C17H31ClN2O5S. The van der Waals surface area contributed by atoms with E-state index in [1.165, 1.54) is 11.8 Å². The number of aliphatic hydroxyl groups excluding tert-OH is 3. The lowest BCUT2D eigenvalue weighted by Crippen LogP contribution is -2.65. The predicted octanol–water partition coefficient (Wildman–Crippen LogP) is -0.000600. The first-order chi connectivity index (χ1) is 12.2. The summed E-state index contributed by atoms with van der Waals surface area (Å²) in [5.74, 6) is 0.329. The molecule has 0 radical (unpaired) electrons. The molecule has 0 bridgehead atoms. The second-order valence-electron chi connectivity index (χ2n) is 7.35. The van der Waals surface area contributed by atoms with Crippen molar-refractivity contribution < 1.29 is 24.9 Å². The number of likely N-dealkylation sites (N-methyl/N-ethyl adjacent to an activating group) is 1. The van der Waals surface area contributed by atoms with E-state index >= 15 is 0 Å². The Morgan fingerprint density at radius 2 is 2.00 bits per heavy atom. The molecular weight excluding hydrogens is 380 g/mol. The first-order valence-corrected chi connectivity index (χ1v) is 10.8. The van der Waals surface area contributed by atoms with Crippen molar-refractivity contribution in [1.82, 2.24) is 10.2 Å². The van der Waals surface area contributed by atoms with Crippen LogP contribution < -0.4 is 5.32 Å². The molecule has 2 aliphatic rings. The van der Waals surface area contributed by atoms with Gasteiger partial charge in [-0.3, -0.25) is 9.69 Å². The normalized spacial score (nSPS) is 41.0. The van der Waals surface area contributed by atoms with Crippen molar-refractivity contribution >= 4 is 29.3 Å². The molecule has 2 saturated heterocycles. The van der Waals surface area contributed by atoms with Crippen molar-refractivity contribution in [1.29, 1.82) is 0 Å². The van der Waals surface area contributed by atoms with Crippen molar-refractivity contribution in [3.05, 3.63) is 0 Å². The summed E-state index contributed by atoms with van der Waals surface area (Å²) in [4.78, 5) is 14.8. The largest absolute Gasteiger partial charge is 0.388 e. The fourth-order valence-corrected chi connectivity index (χ4v) is 4.68. The van der Waals surface area contributed by atoms with E-state index < -0.39 is 41.3 Å². The first-order valence-electron chi connectivity index (χ1n) is 9.08. The van der Waals surface area contributed by atoms with Crippen LogP contribution in [0.2, 0.25) is 0 Å². The molecule has 0 spiro atoms. The summed E-state index contributed by atoms with van der Waals surface area (Å²) in [6.07, 6.45) is -1.27. The average molecular weight is 411 g/mol. The Morgan fingerprint density at radius 1 is 1.35 bits per heavy atom. The second kappa shape index (κ2) is 9.41. The van der Waals surface area contributed by atoms with Gasteiger partial charge in [0.1, 0.15) is 29.9 Å². The van der Waals surface area contributed by atoms with Crippen LogP contribution in [0.15, 0.2) is 0 Å². The minimum atomic E-state index is -1.36. The summed E-state index contributed by atoms with van der Waals surface area (Å²) >= 11 is 7.52. The first kappa shape index (κ1) is 22.2. The molecule has 26 heavy (non-hydrogen) atoms. The minimum Gasteiger partial charge on any atom is -0.388 e. The molecule has 2 fully saturated rings. The van der Waals surface area contributed by atoms with Crippen molar-refractivity contribution in [3.63, 3.8) is 0 Å². The lowest BCUT2D eigenvalue weighted by atomic mass is 9.92. The van der Waals surface area contributed by atoms with Crippen LogP contribution in [0, 0.1) is 5.92 Å². The highest BCUT2D eigenvalue weighted by molar-refractivity contribution is 7.99. The van der Waals surface area contributed by atoms with E-state index in [-0.39, 0.29) is 11.9 Å². The van der Waals surface area contributed by atoms with Gasteiger partial charge in [-0.25, -0.2) is 0 Å². The molecule has 2 rings (SSSR count). The molecule has 0 aromatic carbocycles. The molecule has 0 aromatic heterocycles. The van der Waals surface area contributed by atoms with Gasteiger partial charge in [0.05, 0.1) is 17.5 Å². The van der Waals surface area contributed by atoms with Crippen molar-refractivity contribution in [2.24, 2.45) is 5.92 Å². The molecule has 0 unspecified atom stereocenters. The van der Waals surface area contributed by atoms with E-state index in [9.17, 15) is 20.1 Å². The van der Waals surface area contributed by atoms with Crippen LogP contribution in [-0.4, -0.2) is 93.3 Å². The Bertz CT molecular complexity index is 484. The van der Waals surface area contributed by atoms with Gasteiger partial charge in [-0.1, -0.05) is 13.3 Å². The zero-order valence-corrected chi connectivity index (χ0v) is 17.3. The van der Waals surface area contributed by atoms with Gasteiger partial charge in [0, 0.05) is 6.54 Å². The molecule has 152 valence electrons. The van der Waals surface area contributed by atoms with Crippen LogP contribution in [0.3, 0.4) is 0 Å². The van der Waals surface area contributed by atoms with Crippen LogP contribution >= 0.6 is 23.4 Å². The highest BCUT2D eigenvalue weighted by Gasteiger charge is 2.48. The zero-order valence-electron chi connectivity index (χ0n) is 15.7. The van der Waals surface area contributed by atoms with Crippen molar-refractivity contribution in [2.45, 2.75) is 74.0 Å². The van der Waals surface area contributed by atoms with Crippen molar-refractivity contribution in [2.75, 3.05) is 19.8 Å². The van der Waals surface area contributed by atoms with E-state index in [0.29, 0.717) is 5.92 Å². The zero-order chi connectivity index (χ0) is 19.6. The van der Waals surface area contributed by atoms with E-state index in [2.05, 4.69) is 12.2 Å². The number of amides is 1. The number of rotatable bonds is 6. The Labute approximate surface area is 164 Å². The number of hydrogen-bond donors (Lipinski definition) is 4. The molecule has 9 heteroatoms. The Balaban J connectivity index is 2.11. The quantitative estimate of drug-likeness (QED) is 0.457. The lowest BCUT2D eigenvalue weighted by Gasteiger charge is -2.44. The number of nitrogens with zero attached hydrogens (tertiary/aromatic N) is 1. The molecule has 4 N–H and O–H groups in total. The fraction of sp³-hybridized carbons (Fsp3) is 0.941. The smallest absolute Gasteiger partial charge is 0.237 e. The Hall–Kier alpha value is -0.0900. The molecule has 2 aliphatic heterocycles. The van der Waals surface area contributed by atoms with Gasteiger partial charge in [-0.2, -0.15) is 0 Å². The van der Waals surface area contributed by atoms with Gasteiger partial charge in [-0.15, -0.1) is 23.4 Å². The number of hydrogen-bond acceptors (Lipinski definition) is 7. The number of nitrogens with one attached hydrogen (secondary N) is 1. The predicted molar refractivity (Wildman–Crippen MR) is 102 cm³/mol. The topological polar surface area (TPSA) is 102 Å². The maximum atomic E-state index is 12.8. The lowest BCUT2D eigenvalue weighted by molar-refractivity contribution is -0.205. The third-order valence-electron chi connectivity index (χ3n) is 5.51.